The number of anilines is 1. The number of imidazole rings is 1. The zero-order valence-electron chi connectivity index (χ0n) is 16.6. The van der Waals surface area contributed by atoms with Gasteiger partial charge in [0.05, 0.1) is 29.6 Å². The number of hydrogen-bond acceptors (Lipinski definition) is 6. The Labute approximate surface area is 185 Å². The number of aromatic amines is 1. The predicted molar refractivity (Wildman–Crippen MR) is 117 cm³/mol. The van der Waals surface area contributed by atoms with Crippen LogP contribution in [0.15, 0.2) is 60.0 Å². The smallest absolute Gasteiger partial charge is 0.284 e. The molecule has 9 nitrogen and oxygen atoms in total. The fourth-order valence-corrected chi connectivity index (χ4v) is 4.54. The normalized spacial score (nSPS) is 18.8. The standard InChI is InChI=1S/C21H16ClFN8O/c22-14-6-7-30-17(14)21(32)31(13-4-2-1-3-5-13)19(28-30)15-8-12(23)9-29(15)20-16-18(25-10-24-16)26-11-27-20/h1-7,10-12,15H,8-9H2,(H,24,25,26,27)/t12-,15+/m1/s1. The summed E-state index contributed by atoms with van der Waals surface area (Å²) in [6.07, 6.45) is 3.57. The van der Waals surface area contributed by atoms with Crippen molar-refractivity contribution in [3.63, 3.8) is 0 Å². The molecule has 0 bridgehead atoms. The number of benzene rings is 1. The van der Waals surface area contributed by atoms with Crippen LogP contribution in [0.5, 0.6) is 0 Å². The van der Waals surface area contributed by atoms with Crippen LogP contribution in [0.3, 0.4) is 0 Å². The van der Waals surface area contributed by atoms with Gasteiger partial charge in [0.1, 0.15) is 23.5 Å². The number of rotatable bonds is 3. The van der Waals surface area contributed by atoms with Crippen molar-refractivity contribution in [3.05, 3.63) is 76.5 Å². The number of H-pyrrole nitrogens is 1. The van der Waals surface area contributed by atoms with Gasteiger partial charge in [-0.2, -0.15) is 5.10 Å². The molecule has 0 amide bonds. The molecule has 1 N–H and O–H groups in total. The summed E-state index contributed by atoms with van der Waals surface area (Å²) in [6.45, 7) is 0.0960. The third-order valence-electron chi connectivity index (χ3n) is 5.69. The second-order valence-corrected chi connectivity index (χ2v) is 8.00. The lowest BCUT2D eigenvalue weighted by Gasteiger charge is -2.26. The van der Waals surface area contributed by atoms with Gasteiger partial charge < -0.3 is 9.88 Å². The summed E-state index contributed by atoms with van der Waals surface area (Å²) in [4.78, 5) is 31.2. The van der Waals surface area contributed by atoms with Crippen molar-refractivity contribution in [2.45, 2.75) is 18.6 Å². The van der Waals surface area contributed by atoms with Crippen LogP contribution >= 0.6 is 11.6 Å². The van der Waals surface area contributed by atoms with E-state index in [1.165, 1.54) is 21.7 Å². The van der Waals surface area contributed by atoms with Gasteiger partial charge >= 0.3 is 0 Å². The average Bonchev–Trinajstić information content (AvgIpc) is 3.52. The van der Waals surface area contributed by atoms with E-state index in [-0.39, 0.29) is 24.0 Å². The lowest BCUT2D eigenvalue weighted by Crippen LogP contribution is -2.33. The molecule has 4 aromatic heterocycles. The van der Waals surface area contributed by atoms with Crippen LogP contribution < -0.4 is 10.5 Å². The summed E-state index contributed by atoms with van der Waals surface area (Å²) in [6, 6.07) is 10.2. The first-order valence-corrected chi connectivity index (χ1v) is 10.4. The van der Waals surface area contributed by atoms with Crippen molar-refractivity contribution in [1.29, 1.82) is 0 Å². The fourth-order valence-electron chi connectivity index (χ4n) is 4.32. The highest BCUT2D eigenvalue weighted by molar-refractivity contribution is 6.33. The van der Waals surface area contributed by atoms with Crippen LogP contribution in [0.2, 0.25) is 5.02 Å². The van der Waals surface area contributed by atoms with Gasteiger partial charge in [-0.05, 0) is 18.2 Å². The third-order valence-corrected chi connectivity index (χ3v) is 6.00. The Morgan fingerprint density at radius 3 is 2.81 bits per heavy atom. The van der Waals surface area contributed by atoms with Crippen LogP contribution in [0, 0.1) is 0 Å². The van der Waals surface area contributed by atoms with Gasteiger partial charge in [-0.15, -0.1) is 0 Å². The molecule has 0 aliphatic carbocycles. The molecule has 32 heavy (non-hydrogen) atoms. The Hall–Kier alpha value is -3.79. The number of nitrogens with one attached hydrogen (secondary N) is 1. The van der Waals surface area contributed by atoms with E-state index in [0.717, 1.165) is 0 Å². The molecule has 0 unspecified atom stereocenters. The number of aromatic nitrogens is 7. The summed E-state index contributed by atoms with van der Waals surface area (Å²) in [5.74, 6) is 0.879. The highest BCUT2D eigenvalue weighted by Crippen LogP contribution is 2.38. The highest BCUT2D eigenvalue weighted by Gasteiger charge is 2.39. The number of fused-ring (bicyclic) bond motifs is 2. The Morgan fingerprint density at radius 2 is 1.97 bits per heavy atom. The predicted octanol–water partition coefficient (Wildman–Crippen LogP) is 3.09. The van der Waals surface area contributed by atoms with Crippen molar-refractivity contribution in [3.8, 4) is 5.69 Å². The number of halogens is 2. The molecule has 6 rings (SSSR count). The minimum Gasteiger partial charge on any atom is -0.341 e. The van der Waals surface area contributed by atoms with E-state index in [2.05, 4.69) is 19.9 Å². The highest BCUT2D eigenvalue weighted by atomic mass is 35.5. The van der Waals surface area contributed by atoms with Crippen molar-refractivity contribution < 1.29 is 4.39 Å². The fraction of sp³-hybridized carbons (Fsp3) is 0.190. The van der Waals surface area contributed by atoms with Gasteiger partial charge in [0.15, 0.2) is 17.3 Å². The summed E-state index contributed by atoms with van der Waals surface area (Å²) >= 11 is 6.28. The molecule has 0 radical (unpaired) electrons. The molecule has 1 aromatic carbocycles. The van der Waals surface area contributed by atoms with E-state index >= 15 is 0 Å². The lowest BCUT2D eigenvalue weighted by molar-refractivity contribution is 0.354. The van der Waals surface area contributed by atoms with Crippen molar-refractivity contribution >= 4 is 34.1 Å². The van der Waals surface area contributed by atoms with Crippen molar-refractivity contribution in [1.82, 2.24) is 34.1 Å². The Kier molecular flexibility index (Phi) is 4.22. The van der Waals surface area contributed by atoms with E-state index in [0.29, 0.717) is 33.5 Å². The van der Waals surface area contributed by atoms with E-state index in [4.69, 9.17) is 16.7 Å². The number of para-hydroxylation sites is 1. The number of nitrogens with zero attached hydrogens (tertiary/aromatic N) is 7. The maximum absolute atomic E-state index is 14.8. The minimum absolute atomic E-state index is 0.0960. The second-order valence-electron chi connectivity index (χ2n) is 7.59. The molecule has 1 fully saturated rings. The molecule has 5 heterocycles. The first-order chi connectivity index (χ1) is 15.6. The molecule has 1 aliphatic heterocycles. The molecular weight excluding hydrogens is 435 g/mol. The molecule has 5 aromatic rings. The summed E-state index contributed by atoms with van der Waals surface area (Å²) in [5.41, 5.74) is 1.64. The molecular formula is C21H16ClFN8O. The largest absolute Gasteiger partial charge is 0.341 e. The molecule has 0 saturated carbocycles. The lowest BCUT2D eigenvalue weighted by atomic mass is 10.1. The third kappa shape index (κ3) is 2.79. The molecule has 0 spiro atoms. The monoisotopic (exact) mass is 450 g/mol. The van der Waals surface area contributed by atoms with Crippen LogP contribution in [0.25, 0.3) is 22.4 Å². The van der Waals surface area contributed by atoms with Crippen molar-refractivity contribution in [2.24, 2.45) is 0 Å². The first-order valence-electron chi connectivity index (χ1n) is 10.0. The van der Waals surface area contributed by atoms with E-state index < -0.39 is 12.2 Å². The van der Waals surface area contributed by atoms with Gasteiger partial charge in [0, 0.05) is 12.6 Å². The van der Waals surface area contributed by atoms with Crippen LogP contribution in [-0.4, -0.2) is 46.8 Å². The zero-order valence-corrected chi connectivity index (χ0v) is 17.3. The summed E-state index contributed by atoms with van der Waals surface area (Å²) < 4.78 is 17.8. The molecule has 160 valence electrons. The number of hydrogen-bond donors (Lipinski definition) is 1. The minimum atomic E-state index is -1.13. The second kappa shape index (κ2) is 7.13. The van der Waals surface area contributed by atoms with Gasteiger partial charge in [-0.1, -0.05) is 29.8 Å². The first kappa shape index (κ1) is 18.9. The maximum atomic E-state index is 14.8. The van der Waals surface area contributed by atoms with Crippen LogP contribution in [0.4, 0.5) is 10.2 Å². The number of alkyl halides is 1. The van der Waals surface area contributed by atoms with Gasteiger partial charge in [-0.3, -0.25) is 9.36 Å². The van der Waals surface area contributed by atoms with Gasteiger partial charge in [0.25, 0.3) is 5.56 Å². The quantitative estimate of drug-likeness (QED) is 0.453. The summed E-state index contributed by atoms with van der Waals surface area (Å²) in [5, 5.41) is 5.01. The Bertz CT molecular complexity index is 1510. The molecule has 2 atom stereocenters. The van der Waals surface area contributed by atoms with E-state index in [1.54, 1.807) is 17.2 Å². The van der Waals surface area contributed by atoms with Gasteiger partial charge in [0.2, 0.25) is 0 Å². The van der Waals surface area contributed by atoms with E-state index in [1.807, 2.05) is 30.3 Å². The maximum Gasteiger partial charge on any atom is 0.284 e. The average molecular weight is 451 g/mol. The summed E-state index contributed by atoms with van der Waals surface area (Å²) in [7, 11) is 0. The topological polar surface area (TPSA) is 97.0 Å². The van der Waals surface area contributed by atoms with Crippen molar-refractivity contribution in [2.75, 3.05) is 11.4 Å². The Balaban J connectivity index is 1.61. The van der Waals surface area contributed by atoms with Crippen LogP contribution in [0.1, 0.15) is 18.3 Å². The SMILES string of the molecule is O=c1c2c(Cl)ccn2nc([C@@H]2C[C@@H](F)CN2c2ncnc3[nH]cnc23)n1-c1ccccc1. The molecule has 11 heteroatoms. The molecule has 1 saturated heterocycles. The Morgan fingerprint density at radius 1 is 1.12 bits per heavy atom. The molecule has 1 aliphatic rings. The van der Waals surface area contributed by atoms with Crippen LogP contribution in [-0.2, 0) is 0 Å². The van der Waals surface area contributed by atoms with E-state index in [9.17, 15) is 9.18 Å². The zero-order chi connectivity index (χ0) is 21.8. The van der Waals surface area contributed by atoms with Gasteiger partial charge in [-0.25, -0.2) is 23.9 Å².